The first kappa shape index (κ1) is 17.8. The third kappa shape index (κ3) is 3.24. The second-order valence-corrected chi connectivity index (χ2v) is 7.89. The third-order valence-corrected chi connectivity index (χ3v) is 5.71. The Labute approximate surface area is 166 Å². The molecular formula is C21H18ClN3OS. The number of anilines is 1. The first-order valence-corrected chi connectivity index (χ1v) is 9.77. The Morgan fingerprint density at radius 3 is 2.59 bits per heavy atom. The lowest BCUT2D eigenvalue weighted by molar-refractivity contribution is 0.411. The Morgan fingerprint density at radius 2 is 1.89 bits per heavy atom. The molecule has 27 heavy (non-hydrogen) atoms. The molecule has 1 aliphatic heterocycles. The SMILES string of the molecule is Cc1ccc(-c2csc(C3=C(O)CN(c4ccc(Cl)cc4C)C3=N)n2)cc1. The standard InChI is InChI=1S/C21H18ClN3OS/c1-12-3-5-14(6-4-12)16-11-27-21(24-16)19-18(26)10-25(20(19)23)17-8-7-15(22)9-13(17)2/h3-9,11,23,26H,10H2,1-2H3. The molecule has 2 N–H and O–H groups in total. The molecule has 2 aromatic carbocycles. The number of hydrogen-bond acceptors (Lipinski definition) is 4. The highest BCUT2D eigenvalue weighted by atomic mass is 35.5. The van der Waals surface area contributed by atoms with E-state index >= 15 is 0 Å². The van der Waals surface area contributed by atoms with Crippen LogP contribution in [-0.4, -0.2) is 22.5 Å². The van der Waals surface area contributed by atoms with Crippen molar-refractivity contribution in [3.8, 4) is 11.3 Å². The topological polar surface area (TPSA) is 60.2 Å². The monoisotopic (exact) mass is 395 g/mol. The number of nitrogens with one attached hydrogen (secondary N) is 1. The number of thiazole rings is 1. The van der Waals surface area contributed by atoms with E-state index in [9.17, 15) is 5.11 Å². The zero-order valence-corrected chi connectivity index (χ0v) is 16.5. The van der Waals surface area contributed by atoms with Crippen LogP contribution in [0.2, 0.25) is 5.02 Å². The molecule has 0 radical (unpaired) electrons. The van der Waals surface area contributed by atoms with Crippen LogP contribution in [0.3, 0.4) is 0 Å². The van der Waals surface area contributed by atoms with Crippen LogP contribution >= 0.6 is 22.9 Å². The number of halogens is 1. The van der Waals surface area contributed by atoms with E-state index in [2.05, 4.69) is 4.98 Å². The van der Waals surface area contributed by atoms with Crippen molar-refractivity contribution in [1.82, 2.24) is 4.98 Å². The van der Waals surface area contributed by atoms with Crippen molar-refractivity contribution in [2.24, 2.45) is 0 Å². The number of amidine groups is 1. The van der Waals surface area contributed by atoms with Gasteiger partial charge in [0.05, 0.1) is 17.8 Å². The number of hydrogen-bond donors (Lipinski definition) is 2. The van der Waals surface area contributed by atoms with Crippen LogP contribution in [0, 0.1) is 19.3 Å². The van der Waals surface area contributed by atoms with Crippen LogP contribution in [0.4, 0.5) is 5.69 Å². The molecule has 0 aliphatic carbocycles. The largest absolute Gasteiger partial charge is 0.510 e. The Morgan fingerprint density at radius 1 is 1.15 bits per heavy atom. The average Bonchev–Trinajstić information content (AvgIpc) is 3.20. The van der Waals surface area contributed by atoms with Crippen molar-refractivity contribution in [1.29, 1.82) is 5.41 Å². The first-order valence-electron chi connectivity index (χ1n) is 8.51. The number of rotatable bonds is 3. The second kappa shape index (κ2) is 6.83. The molecular weight excluding hydrogens is 378 g/mol. The number of aryl methyl sites for hydroxylation is 2. The molecule has 4 rings (SSSR count). The van der Waals surface area contributed by atoms with Crippen LogP contribution in [0.15, 0.2) is 53.6 Å². The summed E-state index contributed by atoms with van der Waals surface area (Å²) in [6, 6.07) is 13.7. The van der Waals surface area contributed by atoms with Gasteiger partial charge in [0, 0.05) is 21.7 Å². The minimum atomic E-state index is 0.166. The van der Waals surface area contributed by atoms with E-state index in [1.54, 1.807) is 11.0 Å². The number of aliphatic hydroxyl groups is 1. The molecule has 0 saturated heterocycles. The summed E-state index contributed by atoms with van der Waals surface area (Å²) in [6.07, 6.45) is 0. The maximum absolute atomic E-state index is 10.5. The van der Waals surface area contributed by atoms with E-state index < -0.39 is 0 Å². The van der Waals surface area contributed by atoms with Crippen molar-refractivity contribution in [2.75, 3.05) is 11.4 Å². The van der Waals surface area contributed by atoms with E-state index in [1.807, 2.05) is 55.6 Å². The molecule has 0 saturated carbocycles. The van der Waals surface area contributed by atoms with Crippen molar-refractivity contribution < 1.29 is 5.11 Å². The van der Waals surface area contributed by atoms with Gasteiger partial charge in [-0.3, -0.25) is 5.41 Å². The van der Waals surface area contributed by atoms with E-state index in [1.165, 1.54) is 16.9 Å². The molecule has 0 unspecified atom stereocenters. The lowest BCUT2D eigenvalue weighted by Crippen LogP contribution is -2.26. The number of benzene rings is 2. The van der Waals surface area contributed by atoms with Crippen LogP contribution < -0.4 is 4.90 Å². The van der Waals surface area contributed by atoms with Gasteiger partial charge in [-0.25, -0.2) is 4.98 Å². The van der Waals surface area contributed by atoms with Gasteiger partial charge in [0.1, 0.15) is 16.6 Å². The molecule has 1 aromatic heterocycles. The van der Waals surface area contributed by atoms with Gasteiger partial charge in [-0.15, -0.1) is 11.3 Å². The summed E-state index contributed by atoms with van der Waals surface area (Å²) in [6.45, 7) is 4.25. The molecule has 1 aliphatic rings. The molecule has 0 atom stereocenters. The number of nitrogens with zero attached hydrogens (tertiary/aromatic N) is 2. The summed E-state index contributed by atoms with van der Waals surface area (Å²) >= 11 is 7.48. The van der Waals surface area contributed by atoms with E-state index in [-0.39, 0.29) is 18.1 Å². The van der Waals surface area contributed by atoms with Crippen molar-refractivity contribution in [3.63, 3.8) is 0 Å². The Hall–Kier alpha value is -2.63. The highest BCUT2D eigenvalue weighted by Gasteiger charge is 2.32. The summed E-state index contributed by atoms with van der Waals surface area (Å²) in [5.74, 6) is 0.418. The zero-order valence-electron chi connectivity index (χ0n) is 15.0. The molecule has 2 heterocycles. The van der Waals surface area contributed by atoms with Crippen LogP contribution in [0.5, 0.6) is 0 Å². The molecule has 136 valence electrons. The van der Waals surface area contributed by atoms with Gasteiger partial charge < -0.3 is 10.0 Å². The first-order chi connectivity index (χ1) is 12.9. The highest BCUT2D eigenvalue weighted by molar-refractivity contribution is 7.11. The lowest BCUT2D eigenvalue weighted by Gasteiger charge is -2.21. The fraction of sp³-hybridized carbons (Fsp3) is 0.143. The maximum atomic E-state index is 10.5. The fourth-order valence-electron chi connectivity index (χ4n) is 3.18. The van der Waals surface area contributed by atoms with Gasteiger partial charge in [0.25, 0.3) is 0 Å². The summed E-state index contributed by atoms with van der Waals surface area (Å²) in [5, 5.41) is 22.4. The highest BCUT2D eigenvalue weighted by Crippen LogP contribution is 2.36. The second-order valence-electron chi connectivity index (χ2n) is 6.59. The number of aromatic nitrogens is 1. The maximum Gasteiger partial charge on any atom is 0.139 e. The number of aliphatic hydroxyl groups excluding tert-OH is 1. The Bertz CT molecular complexity index is 1070. The van der Waals surface area contributed by atoms with Gasteiger partial charge in [-0.05, 0) is 37.6 Å². The lowest BCUT2D eigenvalue weighted by atomic mass is 10.1. The molecule has 3 aromatic rings. The molecule has 0 spiro atoms. The van der Waals surface area contributed by atoms with Gasteiger partial charge in [0.2, 0.25) is 0 Å². The van der Waals surface area contributed by atoms with E-state index in [0.717, 1.165) is 22.5 Å². The molecule has 0 fully saturated rings. The third-order valence-electron chi connectivity index (χ3n) is 4.62. The normalized spacial score (nSPS) is 14.3. The van der Waals surface area contributed by atoms with Crippen LogP contribution in [0.25, 0.3) is 16.8 Å². The molecule has 0 bridgehead atoms. The van der Waals surface area contributed by atoms with Gasteiger partial charge in [-0.1, -0.05) is 41.4 Å². The van der Waals surface area contributed by atoms with Crippen molar-refractivity contribution in [3.05, 3.63) is 74.8 Å². The van der Waals surface area contributed by atoms with Gasteiger partial charge >= 0.3 is 0 Å². The van der Waals surface area contributed by atoms with Crippen molar-refractivity contribution in [2.45, 2.75) is 13.8 Å². The fourth-order valence-corrected chi connectivity index (χ4v) is 4.30. The molecule has 0 amide bonds. The summed E-state index contributed by atoms with van der Waals surface area (Å²) in [4.78, 5) is 6.45. The molecule has 4 nitrogen and oxygen atoms in total. The van der Waals surface area contributed by atoms with Gasteiger partial charge in [0.15, 0.2) is 0 Å². The smallest absolute Gasteiger partial charge is 0.139 e. The summed E-state index contributed by atoms with van der Waals surface area (Å²) in [7, 11) is 0. The minimum absolute atomic E-state index is 0.166. The van der Waals surface area contributed by atoms with E-state index in [4.69, 9.17) is 17.0 Å². The molecule has 6 heteroatoms. The van der Waals surface area contributed by atoms with Crippen LogP contribution in [0.1, 0.15) is 16.1 Å². The Balaban J connectivity index is 1.65. The van der Waals surface area contributed by atoms with Gasteiger partial charge in [-0.2, -0.15) is 0 Å². The predicted molar refractivity (Wildman–Crippen MR) is 113 cm³/mol. The predicted octanol–water partition coefficient (Wildman–Crippen LogP) is 5.85. The minimum Gasteiger partial charge on any atom is -0.510 e. The van der Waals surface area contributed by atoms with Crippen molar-refractivity contribution >= 4 is 40.0 Å². The van der Waals surface area contributed by atoms with Crippen LogP contribution in [-0.2, 0) is 0 Å². The average molecular weight is 396 g/mol. The summed E-state index contributed by atoms with van der Waals surface area (Å²) < 4.78 is 0. The summed E-state index contributed by atoms with van der Waals surface area (Å²) in [5.41, 5.74) is 5.39. The quantitative estimate of drug-likeness (QED) is 0.585. The Kier molecular flexibility index (Phi) is 4.50. The van der Waals surface area contributed by atoms with E-state index in [0.29, 0.717) is 15.6 Å². The zero-order chi connectivity index (χ0) is 19.1.